The predicted molar refractivity (Wildman–Crippen MR) is 110 cm³/mol. The Hall–Kier alpha value is -1.57. The highest BCUT2D eigenvalue weighted by Gasteiger charge is 2.22. The molecule has 1 saturated carbocycles. The number of ether oxygens (including phenoxy) is 1. The number of carbonyl (C=O) groups excluding carboxylic acids is 1. The van der Waals surface area contributed by atoms with Gasteiger partial charge in [-0.15, -0.1) is 0 Å². The fourth-order valence-corrected chi connectivity index (χ4v) is 4.00. The first-order valence-corrected chi connectivity index (χ1v) is 10.6. The molecule has 1 fully saturated rings. The number of rotatable bonds is 10. The summed E-state index contributed by atoms with van der Waals surface area (Å²) in [6, 6.07) is 8.08. The minimum atomic E-state index is -0.354. The van der Waals surface area contributed by atoms with Gasteiger partial charge in [0.05, 0.1) is 0 Å². The summed E-state index contributed by atoms with van der Waals surface area (Å²) >= 11 is 0. The van der Waals surface area contributed by atoms with Crippen LogP contribution in [0.2, 0.25) is 0 Å². The van der Waals surface area contributed by atoms with Gasteiger partial charge in [0.25, 0.3) is 0 Å². The zero-order chi connectivity index (χ0) is 18.8. The summed E-state index contributed by atoms with van der Waals surface area (Å²) in [5.41, 5.74) is 1.82. The third kappa shape index (κ3) is 6.97. The Kier molecular flexibility index (Phi) is 8.94. The van der Waals surface area contributed by atoms with E-state index in [0.717, 1.165) is 5.92 Å². The number of unbranched alkanes of at least 4 members (excludes halogenated alkanes) is 5. The highest BCUT2D eigenvalue weighted by Crippen LogP contribution is 2.38. The summed E-state index contributed by atoms with van der Waals surface area (Å²) in [7, 11) is 0. The van der Waals surface area contributed by atoms with E-state index in [9.17, 15) is 4.79 Å². The van der Waals surface area contributed by atoms with Crippen molar-refractivity contribution in [2.24, 2.45) is 5.92 Å². The molecule has 0 unspecified atom stereocenters. The van der Waals surface area contributed by atoms with E-state index in [4.69, 9.17) is 4.74 Å². The average Bonchev–Trinajstić information content (AvgIpc) is 2.65. The van der Waals surface area contributed by atoms with Crippen LogP contribution in [-0.2, 0) is 4.79 Å². The van der Waals surface area contributed by atoms with E-state index in [0.29, 0.717) is 17.2 Å². The van der Waals surface area contributed by atoms with E-state index >= 15 is 0 Å². The molecule has 0 bridgehead atoms. The molecule has 0 aliphatic heterocycles. The monoisotopic (exact) mass is 356 g/mol. The molecular formula is C24H36O2. The highest BCUT2D eigenvalue weighted by molar-refractivity contribution is 5.88. The number of hydrogen-bond acceptors (Lipinski definition) is 2. The van der Waals surface area contributed by atoms with Gasteiger partial charge in [0.15, 0.2) is 0 Å². The highest BCUT2D eigenvalue weighted by atomic mass is 16.5. The number of esters is 1. The molecule has 2 heteroatoms. The molecule has 26 heavy (non-hydrogen) atoms. The van der Waals surface area contributed by atoms with Gasteiger partial charge in [0.1, 0.15) is 5.75 Å². The zero-order valence-corrected chi connectivity index (χ0v) is 16.8. The standard InChI is InChI=1S/C24H36O2/c1-4-5-6-7-8-9-10-20-11-13-21(14-12-20)22-15-17-23(18-16-22)26-24(25)19(2)3/h15-18,20-21H,2,4-14H2,1,3H3. The molecule has 2 rings (SSSR count). The van der Waals surface area contributed by atoms with E-state index in [1.807, 2.05) is 12.1 Å². The van der Waals surface area contributed by atoms with Crippen molar-refractivity contribution in [2.75, 3.05) is 0 Å². The summed E-state index contributed by atoms with van der Waals surface area (Å²) in [6.45, 7) is 7.56. The van der Waals surface area contributed by atoms with Crippen molar-refractivity contribution >= 4 is 5.97 Å². The van der Waals surface area contributed by atoms with Gasteiger partial charge >= 0.3 is 5.97 Å². The second-order valence-corrected chi connectivity index (χ2v) is 8.01. The third-order valence-corrected chi connectivity index (χ3v) is 5.72. The number of benzene rings is 1. The molecule has 0 amide bonds. The van der Waals surface area contributed by atoms with Crippen LogP contribution in [-0.4, -0.2) is 5.97 Å². The first-order chi connectivity index (χ1) is 12.6. The van der Waals surface area contributed by atoms with Gasteiger partial charge in [-0.2, -0.15) is 0 Å². The van der Waals surface area contributed by atoms with Gasteiger partial charge in [0, 0.05) is 5.57 Å². The quantitative estimate of drug-likeness (QED) is 0.192. The first kappa shape index (κ1) is 20.7. The maximum absolute atomic E-state index is 11.6. The Labute approximate surface area is 160 Å². The van der Waals surface area contributed by atoms with Crippen LogP contribution in [0, 0.1) is 5.92 Å². The largest absolute Gasteiger partial charge is 0.423 e. The van der Waals surface area contributed by atoms with Crippen molar-refractivity contribution in [1.82, 2.24) is 0 Å². The number of carbonyl (C=O) groups is 1. The molecule has 0 atom stereocenters. The molecule has 1 aliphatic carbocycles. The minimum absolute atomic E-state index is 0.354. The third-order valence-electron chi connectivity index (χ3n) is 5.72. The summed E-state index contributed by atoms with van der Waals surface area (Å²) in [5.74, 6) is 1.86. The van der Waals surface area contributed by atoms with Crippen LogP contribution >= 0.6 is 0 Å². The molecule has 1 aromatic carbocycles. The molecule has 1 aromatic rings. The SMILES string of the molecule is C=C(C)C(=O)Oc1ccc(C2CCC(CCCCCCCC)CC2)cc1. The fourth-order valence-electron chi connectivity index (χ4n) is 4.00. The van der Waals surface area contributed by atoms with Crippen LogP contribution in [0.15, 0.2) is 36.4 Å². The lowest BCUT2D eigenvalue weighted by molar-refractivity contribution is -0.130. The van der Waals surface area contributed by atoms with Crippen LogP contribution in [0.3, 0.4) is 0 Å². The molecule has 144 valence electrons. The first-order valence-electron chi connectivity index (χ1n) is 10.6. The lowest BCUT2D eigenvalue weighted by atomic mass is 9.77. The Bertz CT molecular complexity index is 550. The summed E-state index contributed by atoms with van der Waals surface area (Å²) < 4.78 is 5.28. The van der Waals surface area contributed by atoms with E-state index in [-0.39, 0.29) is 5.97 Å². The summed E-state index contributed by atoms with van der Waals surface area (Å²) in [6.07, 6.45) is 15.2. The molecule has 1 aliphatic rings. The molecule has 0 saturated heterocycles. The normalized spacial score (nSPS) is 19.9. The molecule has 0 N–H and O–H groups in total. The van der Waals surface area contributed by atoms with Gasteiger partial charge in [-0.1, -0.05) is 70.6 Å². The van der Waals surface area contributed by atoms with E-state index in [1.165, 1.54) is 76.2 Å². The van der Waals surface area contributed by atoms with Gasteiger partial charge < -0.3 is 4.74 Å². The van der Waals surface area contributed by atoms with Crippen molar-refractivity contribution in [3.8, 4) is 5.75 Å². The summed E-state index contributed by atoms with van der Waals surface area (Å²) in [4.78, 5) is 11.6. The van der Waals surface area contributed by atoms with Gasteiger partial charge in [-0.3, -0.25) is 0 Å². The molecular weight excluding hydrogens is 320 g/mol. The van der Waals surface area contributed by atoms with Crippen LogP contribution < -0.4 is 4.74 Å². The van der Waals surface area contributed by atoms with Gasteiger partial charge in [-0.05, 0) is 62.1 Å². The fraction of sp³-hybridized carbons (Fsp3) is 0.625. The Morgan fingerprint density at radius 3 is 2.23 bits per heavy atom. The molecule has 0 aromatic heterocycles. The maximum Gasteiger partial charge on any atom is 0.338 e. The predicted octanol–water partition coefficient (Wildman–Crippen LogP) is 7.19. The Morgan fingerprint density at radius 1 is 1.00 bits per heavy atom. The Morgan fingerprint density at radius 2 is 1.62 bits per heavy atom. The van der Waals surface area contributed by atoms with Crippen molar-refractivity contribution < 1.29 is 9.53 Å². The zero-order valence-electron chi connectivity index (χ0n) is 16.8. The van der Waals surface area contributed by atoms with E-state index in [1.54, 1.807) is 6.92 Å². The molecule has 0 spiro atoms. The van der Waals surface area contributed by atoms with Crippen LogP contribution in [0.1, 0.15) is 96.0 Å². The van der Waals surface area contributed by atoms with Crippen LogP contribution in [0.25, 0.3) is 0 Å². The van der Waals surface area contributed by atoms with Crippen molar-refractivity contribution in [3.05, 3.63) is 42.0 Å². The Balaban J connectivity index is 1.69. The topological polar surface area (TPSA) is 26.3 Å². The van der Waals surface area contributed by atoms with E-state index in [2.05, 4.69) is 25.6 Å². The second-order valence-electron chi connectivity index (χ2n) is 8.01. The average molecular weight is 357 g/mol. The molecule has 0 radical (unpaired) electrons. The summed E-state index contributed by atoms with van der Waals surface area (Å²) in [5, 5.41) is 0. The molecule has 0 heterocycles. The smallest absolute Gasteiger partial charge is 0.338 e. The second kappa shape index (κ2) is 11.2. The van der Waals surface area contributed by atoms with Gasteiger partial charge in [0.2, 0.25) is 0 Å². The lowest BCUT2D eigenvalue weighted by Crippen LogP contribution is -2.13. The van der Waals surface area contributed by atoms with Gasteiger partial charge in [-0.25, -0.2) is 4.79 Å². The van der Waals surface area contributed by atoms with Crippen LogP contribution in [0.5, 0.6) is 5.75 Å². The minimum Gasteiger partial charge on any atom is -0.423 e. The van der Waals surface area contributed by atoms with E-state index < -0.39 is 0 Å². The lowest BCUT2D eigenvalue weighted by Gasteiger charge is -2.29. The van der Waals surface area contributed by atoms with Crippen LogP contribution in [0.4, 0.5) is 0 Å². The number of hydrogen-bond donors (Lipinski definition) is 0. The van der Waals surface area contributed by atoms with Crippen molar-refractivity contribution in [3.63, 3.8) is 0 Å². The van der Waals surface area contributed by atoms with Crippen molar-refractivity contribution in [1.29, 1.82) is 0 Å². The van der Waals surface area contributed by atoms with Crippen molar-refractivity contribution in [2.45, 2.75) is 90.4 Å². The molecule has 2 nitrogen and oxygen atoms in total. The maximum atomic E-state index is 11.6.